The quantitative estimate of drug-likeness (QED) is 0.780. The first-order chi connectivity index (χ1) is 10.3. The van der Waals surface area contributed by atoms with Crippen molar-refractivity contribution in [3.63, 3.8) is 0 Å². The maximum atomic E-state index is 11.9. The van der Waals surface area contributed by atoms with Gasteiger partial charge in [-0.05, 0) is 24.8 Å². The summed E-state index contributed by atoms with van der Waals surface area (Å²) < 4.78 is 11.1. The van der Waals surface area contributed by atoms with Crippen LogP contribution in [0.1, 0.15) is 31.2 Å². The molecule has 2 aliphatic rings. The molecule has 4 heteroatoms. The molecule has 2 saturated heterocycles. The van der Waals surface area contributed by atoms with Crippen molar-refractivity contribution in [1.29, 1.82) is 0 Å². The Morgan fingerprint density at radius 3 is 2.90 bits per heavy atom. The number of benzene rings is 1. The second-order valence-electron chi connectivity index (χ2n) is 5.96. The summed E-state index contributed by atoms with van der Waals surface area (Å²) in [5.74, 6) is -0.103. The Balaban J connectivity index is 1.41. The van der Waals surface area contributed by atoms with Crippen LogP contribution >= 0.6 is 0 Å². The lowest BCUT2D eigenvalue weighted by molar-refractivity contribution is -0.150. The maximum absolute atomic E-state index is 11.9. The average Bonchev–Trinajstić information content (AvgIpc) is 3.12. The maximum Gasteiger partial charge on any atom is 0.308 e. The van der Waals surface area contributed by atoms with Crippen molar-refractivity contribution in [2.24, 2.45) is 0 Å². The first-order valence-electron chi connectivity index (χ1n) is 7.87. The molecule has 0 saturated carbocycles. The summed E-state index contributed by atoms with van der Waals surface area (Å²) in [6.45, 7) is 3.55. The molecule has 2 atom stereocenters. The predicted octanol–water partition coefficient (Wildman–Crippen LogP) is 2.37. The smallest absolute Gasteiger partial charge is 0.308 e. The number of hydrogen-bond donors (Lipinski definition) is 0. The van der Waals surface area contributed by atoms with Crippen molar-refractivity contribution in [1.82, 2.24) is 4.90 Å². The highest BCUT2D eigenvalue weighted by molar-refractivity contribution is 5.70. The molecule has 0 aromatic heterocycles. The lowest BCUT2D eigenvalue weighted by atomic mass is 10.2. The number of likely N-dealkylation sites (tertiary alicyclic amines) is 1. The van der Waals surface area contributed by atoms with Crippen LogP contribution in [0.4, 0.5) is 0 Å². The minimum Gasteiger partial charge on any atom is -0.461 e. The van der Waals surface area contributed by atoms with Crippen LogP contribution in [0.3, 0.4) is 0 Å². The zero-order valence-corrected chi connectivity index (χ0v) is 12.4. The molecule has 114 valence electrons. The van der Waals surface area contributed by atoms with Crippen LogP contribution in [-0.2, 0) is 20.8 Å². The van der Waals surface area contributed by atoms with Crippen LogP contribution in [0.15, 0.2) is 30.3 Å². The van der Waals surface area contributed by atoms with Gasteiger partial charge in [-0.2, -0.15) is 0 Å². The van der Waals surface area contributed by atoms with E-state index in [-0.39, 0.29) is 18.2 Å². The van der Waals surface area contributed by atoms with E-state index in [2.05, 4.69) is 29.2 Å². The van der Waals surface area contributed by atoms with Crippen LogP contribution in [0.2, 0.25) is 0 Å². The van der Waals surface area contributed by atoms with Gasteiger partial charge in [-0.3, -0.25) is 9.69 Å². The fraction of sp³-hybridized carbons (Fsp3) is 0.588. The zero-order chi connectivity index (χ0) is 14.5. The second-order valence-corrected chi connectivity index (χ2v) is 5.96. The van der Waals surface area contributed by atoms with E-state index in [1.165, 1.54) is 5.56 Å². The Labute approximate surface area is 126 Å². The molecule has 0 spiro atoms. The molecule has 0 unspecified atom stereocenters. The molecule has 3 rings (SSSR count). The van der Waals surface area contributed by atoms with E-state index in [0.29, 0.717) is 6.42 Å². The molecule has 1 aromatic rings. The molecule has 2 fully saturated rings. The fourth-order valence-corrected chi connectivity index (χ4v) is 3.10. The summed E-state index contributed by atoms with van der Waals surface area (Å²) in [7, 11) is 0. The van der Waals surface area contributed by atoms with Gasteiger partial charge in [0, 0.05) is 26.2 Å². The summed E-state index contributed by atoms with van der Waals surface area (Å²) in [5, 5.41) is 0. The SMILES string of the molecule is O=C(C[C@@H]1CCCO1)O[C@@H]1CCN(Cc2ccccc2)C1. The molecule has 0 amide bonds. The van der Waals surface area contributed by atoms with Crippen LogP contribution in [0.25, 0.3) is 0 Å². The summed E-state index contributed by atoms with van der Waals surface area (Å²) in [6, 6.07) is 10.4. The summed E-state index contributed by atoms with van der Waals surface area (Å²) in [5.41, 5.74) is 1.31. The highest BCUT2D eigenvalue weighted by Gasteiger charge is 2.27. The van der Waals surface area contributed by atoms with Crippen molar-refractivity contribution in [3.05, 3.63) is 35.9 Å². The van der Waals surface area contributed by atoms with Crippen molar-refractivity contribution >= 4 is 5.97 Å². The summed E-state index contributed by atoms with van der Waals surface area (Å²) in [6.07, 6.45) is 3.52. The highest BCUT2D eigenvalue weighted by atomic mass is 16.5. The van der Waals surface area contributed by atoms with Gasteiger partial charge < -0.3 is 9.47 Å². The van der Waals surface area contributed by atoms with Gasteiger partial charge in [0.1, 0.15) is 6.10 Å². The van der Waals surface area contributed by atoms with E-state index in [1.807, 2.05) is 6.07 Å². The van der Waals surface area contributed by atoms with E-state index < -0.39 is 0 Å². The molecule has 0 N–H and O–H groups in total. The van der Waals surface area contributed by atoms with Crippen molar-refractivity contribution in [2.45, 2.75) is 44.4 Å². The number of nitrogens with zero attached hydrogens (tertiary/aromatic N) is 1. The summed E-state index contributed by atoms with van der Waals surface area (Å²) in [4.78, 5) is 14.2. The second kappa shape index (κ2) is 7.05. The van der Waals surface area contributed by atoms with Gasteiger partial charge >= 0.3 is 5.97 Å². The Morgan fingerprint density at radius 2 is 2.14 bits per heavy atom. The number of carbonyl (C=O) groups excluding carboxylic acids is 1. The average molecular weight is 289 g/mol. The van der Waals surface area contributed by atoms with E-state index in [4.69, 9.17) is 9.47 Å². The number of rotatable bonds is 5. The Hall–Kier alpha value is -1.39. The number of hydrogen-bond acceptors (Lipinski definition) is 4. The monoisotopic (exact) mass is 289 g/mol. The van der Waals surface area contributed by atoms with Crippen molar-refractivity contribution < 1.29 is 14.3 Å². The number of esters is 1. The molecule has 21 heavy (non-hydrogen) atoms. The van der Waals surface area contributed by atoms with Crippen molar-refractivity contribution in [3.8, 4) is 0 Å². The standard InChI is InChI=1S/C17H23NO3/c19-17(11-15-7-4-10-20-15)21-16-8-9-18(13-16)12-14-5-2-1-3-6-14/h1-3,5-6,15-16H,4,7-13H2/t15-,16+/m0/s1. The van der Waals surface area contributed by atoms with Gasteiger partial charge in [0.05, 0.1) is 12.5 Å². The zero-order valence-electron chi connectivity index (χ0n) is 12.4. The predicted molar refractivity (Wildman–Crippen MR) is 79.8 cm³/mol. The summed E-state index contributed by atoms with van der Waals surface area (Å²) >= 11 is 0. The largest absolute Gasteiger partial charge is 0.461 e. The van der Waals surface area contributed by atoms with Gasteiger partial charge in [-0.25, -0.2) is 0 Å². The molecular weight excluding hydrogens is 266 g/mol. The van der Waals surface area contributed by atoms with Gasteiger partial charge in [-0.15, -0.1) is 0 Å². The first-order valence-corrected chi connectivity index (χ1v) is 7.87. The third-order valence-electron chi connectivity index (χ3n) is 4.19. The van der Waals surface area contributed by atoms with Gasteiger partial charge in [0.25, 0.3) is 0 Å². The van der Waals surface area contributed by atoms with Crippen molar-refractivity contribution in [2.75, 3.05) is 19.7 Å². The van der Waals surface area contributed by atoms with Gasteiger partial charge in [0.15, 0.2) is 0 Å². The normalized spacial score (nSPS) is 26.1. The molecule has 0 aliphatic carbocycles. The van der Waals surface area contributed by atoms with E-state index in [1.54, 1.807) is 0 Å². The third-order valence-corrected chi connectivity index (χ3v) is 4.19. The fourth-order valence-electron chi connectivity index (χ4n) is 3.10. The van der Waals surface area contributed by atoms with Crippen LogP contribution in [-0.4, -0.2) is 42.8 Å². The minimum atomic E-state index is -0.103. The Bertz CT molecular complexity index is 456. The molecule has 0 bridgehead atoms. The van der Waals surface area contributed by atoms with E-state index >= 15 is 0 Å². The van der Waals surface area contributed by atoms with Gasteiger partial charge in [0.2, 0.25) is 0 Å². The molecule has 2 heterocycles. The topological polar surface area (TPSA) is 38.8 Å². The number of carbonyl (C=O) groups is 1. The van der Waals surface area contributed by atoms with Gasteiger partial charge in [-0.1, -0.05) is 30.3 Å². The lowest BCUT2D eigenvalue weighted by Gasteiger charge is -2.17. The minimum absolute atomic E-state index is 0.0441. The third kappa shape index (κ3) is 4.29. The molecule has 4 nitrogen and oxygen atoms in total. The van der Waals surface area contributed by atoms with E-state index in [0.717, 1.165) is 45.5 Å². The number of ether oxygens (including phenoxy) is 2. The van der Waals surface area contributed by atoms with Crippen LogP contribution in [0.5, 0.6) is 0 Å². The molecule has 2 aliphatic heterocycles. The first kappa shape index (κ1) is 14.5. The highest BCUT2D eigenvalue weighted by Crippen LogP contribution is 2.19. The molecular formula is C17H23NO3. The Morgan fingerprint density at radius 1 is 1.29 bits per heavy atom. The molecule has 1 aromatic carbocycles. The van der Waals surface area contributed by atoms with Crippen LogP contribution < -0.4 is 0 Å². The Kier molecular flexibility index (Phi) is 4.88. The van der Waals surface area contributed by atoms with Crippen LogP contribution in [0, 0.1) is 0 Å². The van der Waals surface area contributed by atoms with E-state index in [9.17, 15) is 4.79 Å². The molecule has 0 radical (unpaired) electrons. The lowest BCUT2D eigenvalue weighted by Crippen LogP contribution is -2.26.